The van der Waals surface area contributed by atoms with Crippen LogP contribution in [-0.2, 0) is 14.8 Å². The minimum atomic E-state index is -3.98. The molecule has 0 bridgehead atoms. The standard InChI is InChI=1S/C13H18N2O5S/c1-8-4-6-11(7-5-8)21(19,20)15-13(18)14-10(3)9(2)12(16)17/h4-7,9-10H,1-3H3,(H,16,17)(H2,14,15,18). The van der Waals surface area contributed by atoms with Gasteiger partial charge in [0.1, 0.15) is 0 Å². The number of aryl methyl sites for hydroxylation is 1. The minimum Gasteiger partial charge on any atom is -0.481 e. The van der Waals surface area contributed by atoms with Gasteiger partial charge in [0.25, 0.3) is 10.0 Å². The van der Waals surface area contributed by atoms with Crippen LogP contribution in [0.2, 0.25) is 0 Å². The molecule has 0 aliphatic carbocycles. The number of carbonyl (C=O) groups excluding carboxylic acids is 1. The van der Waals surface area contributed by atoms with Crippen LogP contribution in [0.1, 0.15) is 19.4 Å². The van der Waals surface area contributed by atoms with E-state index in [0.717, 1.165) is 5.56 Å². The van der Waals surface area contributed by atoms with Gasteiger partial charge in [-0.15, -0.1) is 0 Å². The van der Waals surface area contributed by atoms with Crippen molar-refractivity contribution in [1.29, 1.82) is 0 Å². The minimum absolute atomic E-state index is 0.0396. The molecule has 0 radical (unpaired) electrons. The van der Waals surface area contributed by atoms with E-state index in [-0.39, 0.29) is 4.90 Å². The number of amides is 2. The third kappa shape index (κ3) is 4.75. The molecule has 0 saturated carbocycles. The van der Waals surface area contributed by atoms with E-state index in [1.165, 1.54) is 26.0 Å². The first kappa shape index (κ1) is 17.0. The SMILES string of the molecule is Cc1ccc(S(=O)(=O)NC(=O)NC(C)C(C)C(=O)O)cc1. The first-order valence-electron chi connectivity index (χ1n) is 6.26. The fourth-order valence-corrected chi connectivity index (χ4v) is 2.39. The predicted octanol–water partition coefficient (Wildman–Crippen LogP) is 1.09. The third-order valence-electron chi connectivity index (χ3n) is 3.06. The van der Waals surface area contributed by atoms with Crippen LogP contribution in [0.3, 0.4) is 0 Å². The summed E-state index contributed by atoms with van der Waals surface area (Å²) in [5.74, 6) is -1.91. The lowest BCUT2D eigenvalue weighted by molar-refractivity contribution is -0.141. The quantitative estimate of drug-likeness (QED) is 0.753. The predicted molar refractivity (Wildman–Crippen MR) is 76.3 cm³/mol. The Bertz CT molecular complexity index is 624. The highest BCUT2D eigenvalue weighted by Gasteiger charge is 2.23. The van der Waals surface area contributed by atoms with Gasteiger partial charge in [0.15, 0.2) is 0 Å². The van der Waals surface area contributed by atoms with Crippen LogP contribution >= 0.6 is 0 Å². The number of nitrogens with one attached hydrogen (secondary N) is 2. The van der Waals surface area contributed by atoms with Crippen molar-refractivity contribution in [3.05, 3.63) is 29.8 Å². The first-order valence-corrected chi connectivity index (χ1v) is 7.74. The van der Waals surface area contributed by atoms with Crippen molar-refractivity contribution in [2.45, 2.75) is 31.7 Å². The largest absolute Gasteiger partial charge is 0.481 e. The fraction of sp³-hybridized carbons (Fsp3) is 0.385. The Morgan fingerprint density at radius 2 is 1.67 bits per heavy atom. The number of benzene rings is 1. The Hall–Kier alpha value is -2.09. The fourth-order valence-electron chi connectivity index (χ4n) is 1.47. The van der Waals surface area contributed by atoms with E-state index in [9.17, 15) is 18.0 Å². The van der Waals surface area contributed by atoms with E-state index in [1.807, 2.05) is 11.6 Å². The van der Waals surface area contributed by atoms with Gasteiger partial charge in [0.2, 0.25) is 0 Å². The van der Waals surface area contributed by atoms with E-state index >= 15 is 0 Å². The van der Waals surface area contributed by atoms with Crippen LogP contribution < -0.4 is 10.0 Å². The number of aliphatic carboxylic acids is 1. The van der Waals surface area contributed by atoms with Crippen molar-refractivity contribution in [1.82, 2.24) is 10.0 Å². The molecule has 2 amide bonds. The van der Waals surface area contributed by atoms with E-state index in [4.69, 9.17) is 5.11 Å². The second-order valence-electron chi connectivity index (χ2n) is 4.81. The summed E-state index contributed by atoms with van der Waals surface area (Å²) in [6, 6.07) is 4.32. The smallest absolute Gasteiger partial charge is 0.328 e. The number of carboxylic acid groups (broad SMARTS) is 1. The van der Waals surface area contributed by atoms with Crippen molar-refractivity contribution in [3.8, 4) is 0 Å². The molecule has 1 aromatic rings. The second kappa shape index (κ2) is 6.57. The normalized spacial score (nSPS) is 14.0. The van der Waals surface area contributed by atoms with Gasteiger partial charge in [0.05, 0.1) is 10.8 Å². The number of rotatable bonds is 5. The molecule has 7 nitrogen and oxygen atoms in total. The Morgan fingerprint density at radius 1 is 1.14 bits per heavy atom. The van der Waals surface area contributed by atoms with Gasteiger partial charge >= 0.3 is 12.0 Å². The first-order chi connectivity index (χ1) is 9.63. The van der Waals surface area contributed by atoms with Crippen LogP contribution in [0.5, 0.6) is 0 Å². The Labute approximate surface area is 123 Å². The molecule has 0 aromatic heterocycles. The van der Waals surface area contributed by atoms with E-state index in [1.54, 1.807) is 12.1 Å². The van der Waals surface area contributed by atoms with E-state index in [2.05, 4.69) is 5.32 Å². The summed E-state index contributed by atoms with van der Waals surface area (Å²) in [4.78, 5) is 22.4. The van der Waals surface area contributed by atoms with E-state index in [0.29, 0.717) is 0 Å². The summed E-state index contributed by atoms with van der Waals surface area (Å²) in [6.45, 7) is 4.71. The lowest BCUT2D eigenvalue weighted by atomic mass is 10.1. The maximum absolute atomic E-state index is 12.0. The molecule has 3 N–H and O–H groups in total. The topological polar surface area (TPSA) is 113 Å². The highest BCUT2D eigenvalue weighted by Crippen LogP contribution is 2.10. The molecule has 116 valence electrons. The van der Waals surface area contributed by atoms with Crippen LogP contribution in [0.4, 0.5) is 4.79 Å². The molecule has 1 rings (SSSR count). The van der Waals surface area contributed by atoms with Crippen molar-refractivity contribution in [2.75, 3.05) is 0 Å². The maximum atomic E-state index is 12.0. The van der Waals surface area contributed by atoms with Crippen molar-refractivity contribution >= 4 is 22.0 Å². The molecule has 21 heavy (non-hydrogen) atoms. The zero-order valence-electron chi connectivity index (χ0n) is 12.0. The van der Waals surface area contributed by atoms with Gasteiger partial charge in [-0.3, -0.25) is 4.79 Å². The zero-order chi connectivity index (χ0) is 16.2. The highest BCUT2D eigenvalue weighted by molar-refractivity contribution is 7.90. The average molecular weight is 314 g/mol. The molecule has 0 heterocycles. The molecule has 1 aromatic carbocycles. The highest BCUT2D eigenvalue weighted by atomic mass is 32.2. The van der Waals surface area contributed by atoms with Crippen molar-refractivity contribution < 1.29 is 23.1 Å². The summed E-state index contributed by atoms with van der Waals surface area (Å²) >= 11 is 0. The molecule has 0 aliphatic heterocycles. The summed E-state index contributed by atoms with van der Waals surface area (Å²) < 4.78 is 25.7. The molecule has 0 spiro atoms. The Balaban J connectivity index is 2.74. The number of hydrogen-bond donors (Lipinski definition) is 3. The van der Waals surface area contributed by atoms with Gasteiger partial charge in [-0.2, -0.15) is 0 Å². The summed E-state index contributed by atoms with van der Waals surface area (Å²) in [7, 11) is -3.98. The van der Waals surface area contributed by atoms with E-state index < -0.39 is 34.0 Å². The number of sulfonamides is 1. The maximum Gasteiger partial charge on any atom is 0.328 e. The van der Waals surface area contributed by atoms with Crippen molar-refractivity contribution in [3.63, 3.8) is 0 Å². The van der Waals surface area contributed by atoms with Crippen molar-refractivity contribution in [2.24, 2.45) is 5.92 Å². The monoisotopic (exact) mass is 314 g/mol. The van der Waals surface area contributed by atoms with Crippen LogP contribution in [0, 0.1) is 12.8 Å². The zero-order valence-corrected chi connectivity index (χ0v) is 12.8. The second-order valence-corrected chi connectivity index (χ2v) is 6.49. The third-order valence-corrected chi connectivity index (χ3v) is 4.40. The van der Waals surface area contributed by atoms with Gasteiger partial charge in [0, 0.05) is 6.04 Å². The van der Waals surface area contributed by atoms with Crippen LogP contribution in [0.25, 0.3) is 0 Å². The average Bonchev–Trinajstić information content (AvgIpc) is 2.37. The lowest BCUT2D eigenvalue weighted by Gasteiger charge is -2.18. The molecule has 2 atom stereocenters. The summed E-state index contributed by atoms with van der Waals surface area (Å²) in [6.07, 6.45) is 0. The summed E-state index contributed by atoms with van der Waals surface area (Å²) in [5, 5.41) is 11.1. The Kier molecular flexibility index (Phi) is 5.31. The molecular weight excluding hydrogens is 296 g/mol. The lowest BCUT2D eigenvalue weighted by Crippen LogP contribution is -2.46. The summed E-state index contributed by atoms with van der Waals surface area (Å²) in [5.41, 5.74) is 0.891. The molecule has 0 fully saturated rings. The number of carbonyl (C=O) groups is 2. The molecule has 8 heteroatoms. The van der Waals surface area contributed by atoms with Crippen LogP contribution in [-0.4, -0.2) is 31.6 Å². The number of carboxylic acids is 1. The van der Waals surface area contributed by atoms with Gasteiger partial charge in [-0.05, 0) is 32.9 Å². The van der Waals surface area contributed by atoms with Crippen LogP contribution in [0.15, 0.2) is 29.2 Å². The number of hydrogen-bond acceptors (Lipinski definition) is 4. The molecular formula is C13H18N2O5S. The Morgan fingerprint density at radius 3 is 2.14 bits per heavy atom. The van der Waals surface area contributed by atoms with Gasteiger partial charge < -0.3 is 10.4 Å². The number of urea groups is 1. The van der Waals surface area contributed by atoms with Gasteiger partial charge in [-0.1, -0.05) is 17.7 Å². The molecule has 2 unspecified atom stereocenters. The molecule has 0 aliphatic rings. The molecule has 0 saturated heterocycles. The van der Waals surface area contributed by atoms with Gasteiger partial charge in [-0.25, -0.2) is 17.9 Å².